The number of nitriles is 1. The molecule has 5 rings (SSSR count). The fraction of sp³-hybridized carbons (Fsp3) is 0.250. The minimum absolute atomic E-state index is 0.00616. The molecule has 0 radical (unpaired) electrons. The van der Waals surface area contributed by atoms with Gasteiger partial charge in [0.15, 0.2) is 11.5 Å². The molecule has 7 heteroatoms. The van der Waals surface area contributed by atoms with E-state index in [1.807, 2.05) is 25.1 Å². The predicted molar refractivity (Wildman–Crippen MR) is 99.7 cm³/mol. The molecule has 134 valence electrons. The number of aryl methyl sites for hydroxylation is 1. The van der Waals surface area contributed by atoms with Crippen molar-refractivity contribution in [3.05, 3.63) is 58.7 Å². The van der Waals surface area contributed by atoms with Crippen molar-refractivity contribution in [2.75, 3.05) is 0 Å². The molecule has 1 unspecified atom stereocenters. The van der Waals surface area contributed by atoms with Crippen LogP contribution in [0.2, 0.25) is 0 Å². The lowest BCUT2D eigenvalue weighted by molar-refractivity contribution is 0.220. The molecule has 1 aliphatic rings. The second kappa shape index (κ2) is 5.38. The van der Waals surface area contributed by atoms with Gasteiger partial charge in [-0.15, -0.1) is 0 Å². The van der Waals surface area contributed by atoms with Gasteiger partial charge >= 0.3 is 0 Å². The number of aromatic amines is 2. The zero-order valence-corrected chi connectivity index (χ0v) is 14.7. The molecule has 1 atom stereocenters. The fourth-order valence-corrected chi connectivity index (χ4v) is 3.81. The van der Waals surface area contributed by atoms with Crippen LogP contribution < -0.4 is 5.73 Å². The number of nitrogens with zero attached hydrogens (tertiary/aromatic N) is 3. The first-order chi connectivity index (χ1) is 13.0. The molecule has 1 aliphatic carbocycles. The maximum atomic E-state index is 16.1. The fourth-order valence-electron chi connectivity index (χ4n) is 3.81. The number of halogens is 1. The van der Waals surface area contributed by atoms with Gasteiger partial charge in [-0.1, -0.05) is 6.07 Å². The van der Waals surface area contributed by atoms with Gasteiger partial charge in [0.05, 0.1) is 5.56 Å². The highest BCUT2D eigenvalue weighted by molar-refractivity contribution is 5.88. The number of rotatable bonds is 3. The van der Waals surface area contributed by atoms with Crippen molar-refractivity contribution in [3.8, 4) is 6.07 Å². The van der Waals surface area contributed by atoms with Crippen molar-refractivity contribution in [3.63, 3.8) is 0 Å². The number of H-pyrrole nitrogens is 2. The number of benzene rings is 1. The van der Waals surface area contributed by atoms with Crippen LogP contribution in [-0.2, 0) is 5.79 Å². The second-order valence-electron chi connectivity index (χ2n) is 7.20. The van der Waals surface area contributed by atoms with E-state index in [4.69, 9.17) is 11.0 Å². The van der Waals surface area contributed by atoms with Crippen molar-refractivity contribution in [1.82, 2.24) is 19.9 Å². The zero-order chi connectivity index (χ0) is 18.8. The largest absolute Gasteiger partial charge is 0.361 e. The number of fused-ring (bicyclic) bond motifs is 2. The summed E-state index contributed by atoms with van der Waals surface area (Å²) in [7, 11) is 0. The van der Waals surface area contributed by atoms with E-state index in [9.17, 15) is 0 Å². The molecule has 6 nitrogen and oxygen atoms in total. The first-order valence-corrected chi connectivity index (χ1v) is 8.84. The van der Waals surface area contributed by atoms with Crippen LogP contribution in [0, 0.1) is 18.3 Å². The van der Waals surface area contributed by atoms with E-state index < -0.39 is 5.79 Å². The van der Waals surface area contributed by atoms with Crippen LogP contribution in [-0.4, -0.2) is 19.9 Å². The minimum atomic E-state index is -2.31. The summed E-state index contributed by atoms with van der Waals surface area (Å²) >= 11 is 0. The molecular formula is C20H17FN6. The van der Waals surface area contributed by atoms with Crippen molar-refractivity contribution < 1.29 is 4.39 Å². The average Bonchev–Trinajstić information content (AvgIpc) is 3.21. The van der Waals surface area contributed by atoms with E-state index >= 15 is 4.39 Å². The second-order valence-corrected chi connectivity index (χ2v) is 7.20. The van der Waals surface area contributed by atoms with Crippen molar-refractivity contribution in [2.45, 2.75) is 31.5 Å². The highest BCUT2D eigenvalue weighted by Gasteiger charge is 2.41. The van der Waals surface area contributed by atoms with Crippen LogP contribution in [0.4, 0.5) is 4.39 Å². The molecule has 4 aromatic rings. The number of imidazole rings is 1. The molecule has 0 bridgehead atoms. The van der Waals surface area contributed by atoms with Gasteiger partial charge in [0, 0.05) is 28.9 Å². The number of nitrogens with one attached hydrogen (secondary N) is 2. The third kappa shape index (κ3) is 2.34. The minimum Gasteiger partial charge on any atom is -0.361 e. The van der Waals surface area contributed by atoms with Gasteiger partial charge in [-0.05, 0) is 48.9 Å². The Labute approximate surface area is 154 Å². The Morgan fingerprint density at radius 2 is 2.19 bits per heavy atom. The summed E-state index contributed by atoms with van der Waals surface area (Å²) in [6, 6.07) is 7.47. The molecular weight excluding hydrogens is 343 g/mol. The lowest BCUT2D eigenvalue weighted by Gasteiger charge is -2.23. The smallest absolute Gasteiger partial charge is 0.243 e. The quantitative estimate of drug-likeness (QED) is 0.485. The van der Waals surface area contributed by atoms with Crippen molar-refractivity contribution in [1.29, 1.82) is 5.26 Å². The van der Waals surface area contributed by atoms with Crippen LogP contribution >= 0.6 is 0 Å². The average molecular weight is 360 g/mol. The highest BCUT2D eigenvalue weighted by Crippen LogP contribution is 2.47. The maximum absolute atomic E-state index is 16.1. The topological polar surface area (TPSA) is 107 Å². The Kier molecular flexibility index (Phi) is 3.18. The highest BCUT2D eigenvalue weighted by atomic mass is 19.1. The van der Waals surface area contributed by atoms with E-state index in [1.165, 1.54) is 6.20 Å². The molecule has 1 saturated carbocycles. The monoisotopic (exact) mass is 360 g/mol. The summed E-state index contributed by atoms with van der Waals surface area (Å²) in [4.78, 5) is 14.6. The third-order valence-corrected chi connectivity index (χ3v) is 5.26. The van der Waals surface area contributed by atoms with Gasteiger partial charge in [0.1, 0.15) is 11.6 Å². The molecule has 3 aromatic heterocycles. The van der Waals surface area contributed by atoms with Gasteiger partial charge in [0.25, 0.3) is 0 Å². The number of aromatic nitrogens is 4. The Morgan fingerprint density at radius 3 is 2.93 bits per heavy atom. The lowest BCUT2D eigenvalue weighted by Crippen LogP contribution is -2.35. The SMILES string of the molecule is Cc1cc(C2CC2)c(C(N)(F)c2nc3cc(C#N)cnc3[nH]2)c2cc[nH]c12. The van der Waals surface area contributed by atoms with Crippen LogP contribution in [0.15, 0.2) is 30.6 Å². The van der Waals surface area contributed by atoms with Crippen molar-refractivity contribution >= 4 is 22.1 Å². The molecule has 0 amide bonds. The number of hydrogen-bond acceptors (Lipinski definition) is 4. The number of pyridine rings is 1. The Balaban J connectivity index is 1.76. The maximum Gasteiger partial charge on any atom is 0.243 e. The van der Waals surface area contributed by atoms with Gasteiger partial charge in [-0.25, -0.2) is 14.4 Å². The summed E-state index contributed by atoms with van der Waals surface area (Å²) in [5.74, 6) is -1.99. The number of alkyl halides is 1. The Morgan fingerprint density at radius 1 is 1.37 bits per heavy atom. The van der Waals surface area contributed by atoms with E-state index in [0.717, 1.165) is 34.9 Å². The molecule has 1 fully saturated rings. The van der Waals surface area contributed by atoms with E-state index in [-0.39, 0.29) is 5.82 Å². The van der Waals surface area contributed by atoms with Crippen LogP contribution in [0.5, 0.6) is 0 Å². The zero-order valence-electron chi connectivity index (χ0n) is 14.7. The summed E-state index contributed by atoms with van der Waals surface area (Å²) < 4.78 is 16.1. The summed E-state index contributed by atoms with van der Waals surface area (Å²) in [5.41, 5.74) is 10.8. The lowest BCUT2D eigenvalue weighted by atomic mass is 9.90. The van der Waals surface area contributed by atoms with E-state index in [0.29, 0.717) is 28.2 Å². The molecule has 3 heterocycles. The first-order valence-electron chi connectivity index (χ1n) is 8.84. The Bertz CT molecular complexity index is 1240. The van der Waals surface area contributed by atoms with Crippen LogP contribution in [0.25, 0.3) is 22.1 Å². The summed E-state index contributed by atoms with van der Waals surface area (Å²) in [6.07, 6.45) is 5.29. The number of hydrogen-bond donors (Lipinski definition) is 3. The normalized spacial score (nSPS) is 16.5. The first kappa shape index (κ1) is 16.0. The summed E-state index contributed by atoms with van der Waals surface area (Å²) in [5, 5.41) is 9.81. The van der Waals surface area contributed by atoms with Crippen LogP contribution in [0.1, 0.15) is 46.8 Å². The molecule has 0 spiro atoms. The van der Waals surface area contributed by atoms with Crippen LogP contribution in [0.3, 0.4) is 0 Å². The molecule has 0 aliphatic heterocycles. The van der Waals surface area contributed by atoms with E-state index in [1.54, 1.807) is 12.3 Å². The number of nitrogens with two attached hydrogens (primary N) is 1. The van der Waals surface area contributed by atoms with Gasteiger partial charge in [-0.3, -0.25) is 5.73 Å². The van der Waals surface area contributed by atoms with Gasteiger partial charge < -0.3 is 9.97 Å². The predicted octanol–water partition coefficient (Wildman–Crippen LogP) is 3.63. The standard InChI is InChI=1S/C20H17FN6/c1-10-6-14(12-2-3-12)16(13-4-5-24-17(10)13)20(21,23)19-26-15-7-11(8-22)9-25-18(15)27-19/h4-7,9,12,24H,2-3,23H2,1H3,(H,25,26,27). The summed E-state index contributed by atoms with van der Waals surface area (Å²) in [6.45, 7) is 2.01. The molecule has 4 N–H and O–H groups in total. The molecule has 0 saturated heterocycles. The van der Waals surface area contributed by atoms with Gasteiger partial charge in [-0.2, -0.15) is 5.26 Å². The van der Waals surface area contributed by atoms with Gasteiger partial charge in [0.2, 0.25) is 5.79 Å². The molecule has 27 heavy (non-hydrogen) atoms. The van der Waals surface area contributed by atoms with E-state index in [2.05, 4.69) is 19.9 Å². The Hall–Kier alpha value is -3.24. The molecule has 1 aromatic carbocycles. The third-order valence-electron chi connectivity index (χ3n) is 5.26. The van der Waals surface area contributed by atoms with Crippen molar-refractivity contribution in [2.24, 2.45) is 5.73 Å².